The summed E-state index contributed by atoms with van der Waals surface area (Å²) in [6.07, 6.45) is -4.59. The Bertz CT molecular complexity index is 409. The summed E-state index contributed by atoms with van der Waals surface area (Å²) in [5, 5.41) is 45.6. The molecule has 0 fully saturated rings. The lowest BCUT2D eigenvalue weighted by Gasteiger charge is -2.18. The van der Waals surface area contributed by atoms with Crippen molar-refractivity contribution in [3.05, 3.63) is 0 Å². The quantitative estimate of drug-likeness (QED) is 0.220. The molecule has 2 unspecified atom stereocenters. The second-order valence-corrected chi connectivity index (χ2v) is 3.85. The van der Waals surface area contributed by atoms with Crippen molar-refractivity contribution in [3.63, 3.8) is 0 Å². The molecular formula is C10H15NO10. The largest absolute Gasteiger partial charge is 0.481 e. The van der Waals surface area contributed by atoms with Crippen LogP contribution in [-0.4, -0.2) is 80.8 Å². The molecule has 0 heterocycles. The minimum Gasteiger partial charge on any atom is -0.481 e. The minimum absolute atomic E-state index is 0.301. The van der Waals surface area contributed by atoms with Gasteiger partial charge in [-0.15, -0.1) is 0 Å². The SMILES string of the molecule is O=C(O)CC(OCCN[C@H](C(=O)O)C(O)C(=O)O)C(=O)O. The highest BCUT2D eigenvalue weighted by atomic mass is 16.5. The number of nitrogens with one attached hydrogen (secondary N) is 1. The van der Waals surface area contributed by atoms with Gasteiger partial charge in [-0.05, 0) is 0 Å². The highest BCUT2D eigenvalue weighted by Gasteiger charge is 2.31. The maximum Gasteiger partial charge on any atom is 0.334 e. The van der Waals surface area contributed by atoms with E-state index in [1.54, 1.807) is 0 Å². The Labute approximate surface area is 117 Å². The van der Waals surface area contributed by atoms with E-state index in [4.69, 9.17) is 30.3 Å². The molecule has 0 radical (unpaired) electrons. The second-order valence-electron chi connectivity index (χ2n) is 3.85. The van der Waals surface area contributed by atoms with Crippen LogP contribution in [0.4, 0.5) is 0 Å². The fourth-order valence-electron chi connectivity index (χ4n) is 1.27. The fraction of sp³-hybridized carbons (Fsp3) is 0.600. The molecule has 0 aromatic rings. The number of ether oxygens (including phenoxy) is 1. The van der Waals surface area contributed by atoms with Gasteiger partial charge in [-0.2, -0.15) is 0 Å². The standard InChI is InChI=1S/C10H15NO10/c12-5(13)3-4(8(15)16)21-2-1-11-6(9(17)18)7(14)10(19)20/h4,6-7,11,14H,1-3H2,(H,12,13)(H,15,16)(H,17,18)(H,19,20)/t4?,6-,7?/m0/s1. The van der Waals surface area contributed by atoms with Gasteiger partial charge in [0.1, 0.15) is 6.04 Å². The van der Waals surface area contributed by atoms with E-state index in [9.17, 15) is 19.2 Å². The Hall–Kier alpha value is -2.24. The van der Waals surface area contributed by atoms with Crippen LogP contribution in [0, 0.1) is 0 Å². The Morgan fingerprint density at radius 2 is 1.52 bits per heavy atom. The normalized spacial score (nSPS) is 14.9. The molecule has 0 amide bonds. The van der Waals surface area contributed by atoms with Crippen LogP contribution in [0.5, 0.6) is 0 Å². The Balaban J connectivity index is 4.32. The minimum atomic E-state index is -2.20. The molecule has 0 saturated heterocycles. The Kier molecular flexibility index (Phi) is 7.89. The lowest BCUT2D eigenvalue weighted by Crippen LogP contribution is -2.50. The molecule has 120 valence electrons. The molecule has 11 heteroatoms. The molecule has 0 aromatic heterocycles. The molecule has 0 rings (SSSR count). The summed E-state index contributed by atoms with van der Waals surface area (Å²) in [6.45, 7) is -0.689. The zero-order chi connectivity index (χ0) is 16.6. The zero-order valence-electron chi connectivity index (χ0n) is 10.6. The molecule has 0 saturated carbocycles. The fourth-order valence-corrected chi connectivity index (χ4v) is 1.27. The second kappa shape index (κ2) is 8.84. The molecule has 11 nitrogen and oxygen atoms in total. The van der Waals surface area contributed by atoms with Gasteiger partial charge >= 0.3 is 23.9 Å². The van der Waals surface area contributed by atoms with E-state index in [2.05, 4.69) is 5.32 Å². The maximum absolute atomic E-state index is 10.7. The number of aliphatic hydroxyl groups is 1. The highest BCUT2D eigenvalue weighted by Crippen LogP contribution is 2.00. The molecule has 3 atom stereocenters. The lowest BCUT2D eigenvalue weighted by atomic mass is 10.1. The molecule has 0 bridgehead atoms. The van der Waals surface area contributed by atoms with Crippen LogP contribution in [0.25, 0.3) is 0 Å². The molecule has 21 heavy (non-hydrogen) atoms. The van der Waals surface area contributed by atoms with E-state index in [0.29, 0.717) is 0 Å². The van der Waals surface area contributed by atoms with Crippen LogP contribution in [0.1, 0.15) is 6.42 Å². The number of aliphatic hydroxyl groups excluding tert-OH is 1. The van der Waals surface area contributed by atoms with Gasteiger partial charge < -0.3 is 30.3 Å². The van der Waals surface area contributed by atoms with Crippen molar-refractivity contribution in [3.8, 4) is 0 Å². The number of carboxylic acid groups (broad SMARTS) is 4. The Morgan fingerprint density at radius 3 is 1.90 bits per heavy atom. The van der Waals surface area contributed by atoms with Gasteiger partial charge in [0.25, 0.3) is 0 Å². The molecular weight excluding hydrogens is 294 g/mol. The summed E-state index contributed by atoms with van der Waals surface area (Å²) in [7, 11) is 0. The average Bonchev–Trinajstić information content (AvgIpc) is 2.35. The van der Waals surface area contributed by atoms with Crippen LogP contribution in [-0.2, 0) is 23.9 Å². The molecule has 0 aliphatic carbocycles. The molecule has 0 spiro atoms. The Morgan fingerprint density at radius 1 is 0.952 bits per heavy atom. The molecule has 0 aromatic carbocycles. The number of rotatable bonds is 11. The topological polar surface area (TPSA) is 191 Å². The highest BCUT2D eigenvalue weighted by molar-refractivity contribution is 5.84. The van der Waals surface area contributed by atoms with Gasteiger partial charge in [0.05, 0.1) is 13.0 Å². The monoisotopic (exact) mass is 309 g/mol. The van der Waals surface area contributed by atoms with Gasteiger partial charge in [-0.3, -0.25) is 14.9 Å². The average molecular weight is 309 g/mol. The summed E-state index contributed by atoms with van der Waals surface area (Å²) in [6, 6.07) is -1.81. The van der Waals surface area contributed by atoms with Crippen molar-refractivity contribution in [1.82, 2.24) is 5.32 Å². The first-order valence-corrected chi connectivity index (χ1v) is 5.60. The number of carboxylic acids is 4. The van der Waals surface area contributed by atoms with Crippen molar-refractivity contribution >= 4 is 23.9 Å². The van der Waals surface area contributed by atoms with Gasteiger partial charge in [-0.25, -0.2) is 9.59 Å². The third-order valence-electron chi connectivity index (χ3n) is 2.26. The van der Waals surface area contributed by atoms with Gasteiger partial charge in [0, 0.05) is 6.54 Å². The number of carbonyl (C=O) groups is 4. The number of hydrogen-bond acceptors (Lipinski definition) is 7. The van der Waals surface area contributed by atoms with Gasteiger partial charge in [0.15, 0.2) is 12.2 Å². The molecule has 0 aliphatic rings. The third-order valence-corrected chi connectivity index (χ3v) is 2.26. The van der Waals surface area contributed by atoms with Crippen LogP contribution in [0.15, 0.2) is 0 Å². The summed E-state index contributed by atoms with van der Waals surface area (Å²) in [5.74, 6) is -6.26. The zero-order valence-corrected chi connectivity index (χ0v) is 10.6. The predicted molar refractivity (Wildman–Crippen MR) is 62.7 cm³/mol. The van der Waals surface area contributed by atoms with E-state index in [0.717, 1.165) is 0 Å². The first kappa shape index (κ1) is 18.8. The summed E-state index contributed by atoms with van der Waals surface area (Å²) in [4.78, 5) is 42.2. The van der Waals surface area contributed by atoms with Crippen LogP contribution in [0.3, 0.4) is 0 Å². The van der Waals surface area contributed by atoms with Crippen LogP contribution < -0.4 is 5.32 Å². The van der Waals surface area contributed by atoms with Crippen molar-refractivity contribution in [2.45, 2.75) is 24.7 Å². The van der Waals surface area contributed by atoms with Gasteiger partial charge in [-0.1, -0.05) is 0 Å². The number of hydrogen-bond donors (Lipinski definition) is 6. The third kappa shape index (κ3) is 7.20. The summed E-state index contributed by atoms with van der Waals surface area (Å²) < 4.78 is 4.72. The summed E-state index contributed by atoms with van der Waals surface area (Å²) >= 11 is 0. The number of aliphatic carboxylic acids is 4. The van der Waals surface area contributed by atoms with Crippen molar-refractivity contribution in [2.24, 2.45) is 0 Å². The van der Waals surface area contributed by atoms with Crippen LogP contribution in [0.2, 0.25) is 0 Å². The molecule has 0 aliphatic heterocycles. The van der Waals surface area contributed by atoms with E-state index in [1.807, 2.05) is 0 Å². The lowest BCUT2D eigenvalue weighted by molar-refractivity contribution is -0.158. The molecule has 6 N–H and O–H groups in total. The van der Waals surface area contributed by atoms with E-state index in [1.165, 1.54) is 0 Å². The van der Waals surface area contributed by atoms with E-state index < -0.39 is 48.5 Å². The van der Waals surface area contributed by atoms with Crippen molar-refractivity contribution in [1.29, 1.82) is 0 Å². The maximum atomic E-state index is 10.7. The predicted octanol–water partition coefficient (Wildman–Crippen LogP) is -2.58. The van der Waals surface area contributed by atoms with Crippen molar-refractivity contribution < 1.29 is 49.4 Å². The van der Waals surface area contributed by atoms with E-state index >= 15 is 0 Å². The summed E-state index contributed by atoms with van der Waals surface area (Å²) in [5.41, 5.74) is 0. The first-order chi connectivity index (χ1) is 9.66. The van der Waals surface area contributed by atoms with Gasteiger partial charge in [0.2, 0.25) is 0 Å². The van der Waals surface area contributed by atoms with E-state index in [-0.39, 0.29) is 13.2 Å². The van der Waals surface area contributed by atoms with Crippen molar-refractivity contribution in [2.75, 3.05) is 13.2 Å². The van der Waals surface area contributed by atoms with Crippen LogP contribution >= 0.6 is 0 Å². The smallest absolute Gasteiger partial charge is 0.334 e. The first-order valence-electron chi connectivity index (χ1n) is 5.60.